The Kier molecular flexibility index (Phi) is 18.2. The van der Waals surface area contributed by atoms with E-state index in [-0.39, 0.29) is 54.2 Å². The molecule has 9 rings (SSSR count). The van der Waals surface area contributed by atoms with Gasteiger partial charge in [0.15, 0.2) is 23.0 Å². The van der Waals surface area contributed by atoms with Crippen LogP contribution in [0.4, 0.5) is 28.4 Å². The normalized spacial score (nSPS) is 15.9. The number of amides is 4. The Morgan fingerprint density at radius 2 is 1.25 bits per heavy atom. The van der Waals surface area contributed by atoms with Crippen molar-refractivity contribution >= 4 is 86.6 Å². The molecule has 0 aromatic heterocycles. The van der Waals surface area contributed by atoms with Crippen molar-refractivity contribution in [1.82, 2.24) is 5.32 Å². The summed E-state index contributed by atoms with van der Waals surface area (Å²) in [5, 5.41) is 2.21. The fraction of sp³-hybridized carbons (Fsp3) is 0.379. The van der Waals surface area contributed by atoms with Crippen LogP contribution in [0.5, 0.6) is 23.0 Å². The minimum atomic E-state index is -0.296. The number of carbonyl (C=O) groups excluding carboxylic acids is 4. The third-order valence-corrected chi connectivity index (χ3v) is 16.8. The molecule has 4 heterocycles. The number of rotatable bonds is 27. The van der Waals surface area contributed by atoms with Crippen molar-refractivity contribution in [2.24, 2.45) is 9.98 Å². The van der Waals surface area contributed by atoms with Crippen molar-refractivity contribution in [1.29, 1.82) is 0 Å². The SMILES string of the molecule is COCCOCCOCCN(CC(C)(C)SSCCCC(=O)NC=O)c1cc(COc2cc3c(cc2OC)C(=O)N2c4ccccc4C[C@H]2C=N3)cc(COc2cc3c(cc2OC)C(=O)N2c4ccccc4C[C@H]2C=N3)c1. The molecule has 4 aliphatic rings. The lowest BCUT2D eigenvalue weighted by molar-refractivity contribution is -0.125. The molecule has 0 radical (unpaired) electrons. The quantitative estimate of drug-likeness (QED) is 0.0299. The number of carbonyl (C=O) groups is 4. The second-order valence-electron chi connectivity index (χ2n) is 19.4. The molecule has 19 heteroatoms. The summed E-state index contributed by atoms with van der Waals surface area (Å²) in [5.41, 5.74) is 8.31. The van der Waals surface area contributed by atoms with Gasteiger partial charge in [-0.1, -0.05) is 58.0 Å². The molecular formula is C58H64N6O11S2. The monoisotopic (exact) mass is 1080 g/mol. The van der Waals surface area contributed by atoms with Crippen LogP contribution < -0.4 is 39.0 Å². The largest absolute Gasteiger partial charge is 0.493 e. The first-order chi connectivity index (χ1) is 37.5. The average molecular weight is 1090 g/mol. The van der Waals surface area contributed by atoms with E-state index in [1.165, 1.54) is 0 Å². The van der Waals surface area contributed by atoms with E-state index in [4.69, 9.17) is 43.1 Å². The smallest absolute Gasteiger partial charge is 0.261 e. The molecular weight excluding hydrogens is 1020 g/mol. The van der Waals surface area contributed by atoms with E-state index >= 15 is 0 Å². The number of benzene rings is 5. The number of nitrogens with zero attached hydrogens (tertiary/aromatic N) is 5. The van der Waals surface area contributed by atoms with Gasteiger partial charge in [0.2, 0.25) is 12.3 Å². The number of fused-ring (bicyclic) bond motifs is 8. The van der Waals surface area contributed by atoms with Gasteiger partial charge in [-0.15, -0.1) is 0 Å². The molecule has 4 amide bonds. The van der Waals surface area contributed by atoms with Gasteiger partial charge >= 0.3 is 0 Å². The van der Waals surface area contributed by atoms with Crippen molar-refractivity contribution in [2.75, 3.05) is 87.9 Å². The van der Waals surface area contributed by atoms with E-state index in [0.717, 1.165) is 45.1 Å². The average Bonchev–Trinajstić information content (AvgIpc) is 4.00. The molecule has 0 unspecified atom stereocenters. The van der Waals surface area contributed by atoms with Crippen LogP contribution in [0.15, 0.2) is 101 Å². The first kappa shape index (κ1) is 54.9. The number of nitrogens with one attached hydrogen (secondary N) is 1. The number of hydrogen-bond acceptors (Lipinski definition) is 16. The van der Waals surface area contributed by atoms with Crippen LogP contribution in [0.2, 0.25) is 0 Å². The molecule has 0 bridgehead atoms. The molecule has 17 nitrogen and oxygen atoms in total. The molecule has 5 aromatic rings. The Bertz CT molecular complexity index is 2860. The van der Waals surface area contributed by atoms with Crippen molar-refractivity contribution in [3.8, 4) is 23.0 Å². The maximum Gasteiger partial charge on any atom is 0.261 e. The molecule has 0 saturated carbocycles. The van der Waals surface area contributed by atoms with E-state index in [1.54, 1.807) is 77.0 Å². The Morgan fingerprint density at radius 3 is 1.78 bits per heavy atom. The maximum atomic E-state index is 14.2. The molecule has 0 fully saturated rings. The number of aliphatic imine (C=N–C) groups is 2. The Morgan fingerprint density at radius 1 is 0.714 bits per heavy atom. The number of imide groups is 1. The van der Waals surface area contributed by atoms with E-state index < -0.39 is 0 Å². The highest BCUT2D eigenvalue weighted by Crippen LogP contribution is 2.44. The number of ether oxygens (including phenoxy) is 7. The number of hydrogen-bond donors (Lipinski definition) is 1. The molecule has 0 aliphatic carbocycles. The van der Waals surface area contributed by atoms with Gasteiger partial charge < -0.3 is 38.1 Å². The van der Waals surface area contributed by atoms with Gasteiger partial charge in [0.05, 0.1) is 81.8 Å². The topological polar surface area (TPSA) is 179 Å². The summed E-state index contributed by atoms with van der Waals surface area (Å²) in [7, 11) is 8.15. The Labute approximate surface area is 457 Å². The summed E-state index contributed by atoms with van der Waals surface area (Å²) in [6.07, 6.45) is 6.32. The van der Waals surface area contributed by atoms with Gasteiger partial charge in [-0.05, 0) is 85.0 Å². The standard InChI is InChI=1S/C58H64N6O11S2/c1-58(2,77-76-22-10-15-55(66)61-37-65)36-62(16-17-72-20-21-73-19-18-69-3)42-24-38(34-74-53-30-47-45(28-51(53)70-4)56(67)63-43(32-59-47)26-40-11-6-8-13-49(40)63)23-39(25-42)35-75-54-31-48-46(29-52(54)71-5)57(68)64-44(33-60-48)27-41-12-7-9-14-50(41)64/h6-9,11-14,23-25,28-33,37,43-44H,10,15-22,26-27,34-36H2,1-5H3,(H,61,65,66)/t43-,44-/m0/s1. The lowest BCUT2D eigenvalue weighted by atomic mass is 10.1. The molecule has 2 atom stereocenters. The predicted molar refractivity (Wildman–Crippen MR) is 302 cm³/mol. The molecule has 5 aromatic carbocycles. The van der Waals surface area contributed by atoms with Crippen LogP contribution >= 0.6 is 21.6 Å². The molecule has 77 heavy (non-hydrogen) atoms. The zero-order valence-electron chi connectivity index (χ0n) is 44.0. The summed E-state index contributed by atoms with van der Waals surface area (Å²) in [4.78, 5) is 66.7. The molecule has 404 valence electrons. The van der Waals surface area contributed by atoms with Crippen molar-refractivity contribution < 1.29 is 52.3 Å². The van der Waals surface area contributed by atoms with E-state index in [1.807, 2.05) is 67.0 Å². The van der Waals surface area contributed by atoms with Crippen LogP contribution in [0.1, 0.15) is 69.7 Å². The van der Waals surface area contributed by atoms with Gasteiger partial charge in [-0.2, -0.15) is 0 Å². The first-order valence-corrected chi connectivity index (χ1v) is 28.0. The van der Waals surface area contributed by atoms with Gasteiger partial charge in [-0.3, -0.25) is 44.3 Å². The zero-order chi connectivity index (χ0) is 53.9. The third-order valence-electron chi connectivity index (χ3n) is 13.5. The first-order valence-electron chi connectivity index (χ1n) is 25.6. The summed E-state index contributed by atoms with van der Waals surface area (Å²) < 4.78 is 41.7. The van der Waals surface area contributed by atoms with Crippen LogP contribution in [0.25, 0.3) is 0 Å². The summed E-state index contributed by atoms with van der Waals surface area (Å²) >= 11 is 0. The molecule has 0 spiro atoms. The number of para-hydroxylation sites is 2. The van der Waals surface area contributed by atoms with Crippen LogP contribution in [-0.2, 0) is 49.9 Å². The lowest BCUT2D eigenvalue weighted by Crippen LogP contribution is -2.38. The number of methoxy groups -OCH3 is 3. The zero-order valence-corrected chi connectivity index (χ0v) is 45.6. The second kappa shape index (κ2) is 25.5. The minimum Gasteiger partial charge on any atom is -0.493 e. The highest BCUT2D eigenvalue weighted by Gasteiger charge is 2.38. The van der Waals surface area contributed by atoms with E-state index in [0.29, 0.717) is 117 Å². The summed E-state index contributed by atoms with van der Waals surface area (Å²) in [6, 6.07) is 28.6. The summed E-state index contributed by atoms with van der Waals surface area (Å²) in [5.74, 6) is 1.74. The highest BCUT2D eigenvalue weighted by molar-refractivity contribution is 8.77. The fourth-order valence-corrected chi connectivity index (χ4v) is 12.4. The van der Waals surface area contributed by atoms with Crippen LogP contribution in [0.3, 0.4) is 0 Å². The van der Waals surface area contributed by atoms with Crippen molar-refractivity contribution in [3.63, 3.8) is 0 Å². The Balaban J connectivity index is 1.000. The van der Waals surface area contributed by atoms with E-state index in [9.17, 15) is 19.2 Å². The fourth-order valence-electron chi connectivity index (χ4n) is 9.85. The lowest BCUT2D eigenvalue weighted by Gasteiger charge is -2.34. The molecule has 4 aliphatic heterocycles. The van der Waals surface area contributed by atoms with Gasteiger partial charge in [0, 0.05) is 91.6 Å². The van der Waals surface area contributed by atoms with E-state index in [2.05, 4.69) is 36.2 Å². The maximum absolute atomic E-state index is 14.2. The van der Waals surface area contributed by atoms with Gasteiger partial charge in [0.25, 0.3) is 11.8 Å². The third kappa shape index (κ3) is 13.1. The van der Waals surface area contributed by atoms with Crippen molar-refractivity contribution in [2.45, 2.75) is 69.6 Å². The predicted octanol–water partition coefficient (Wildman–Crippen LogP) is 9.14. The van der Waals surface area contributed by atoms with Crippen molar-refractivity contribution in [3.05, 3.63) is 124 Å². The molecule has 1 N–H and O–H groups in total. The molecule has 0 saturated heterocycles. The number of anilines is 3. The summed E-state index contributed by atoms with van der Waals surface area (Å²) in [6.45, 7) is 7.95. The second-order valence-corrected chi connectivity index (χ2v) is 22.5. The van der Waals surface area contributed by atoms with Crippen LogP contribution in [0, 0.1) is 0 Å². The minimum absolute atomic E-state index is 0.115. The van der Waals surface area contributed by atoms with Crippen LogP contribution in [-0.4, -0.2) is 127 Å². The van der Waals surface area contributed by atoms with Gasteiger partial charge in [0.1, 0.15) is 13.2 Å². The van der Waals surface area contributed by atoms with Gasteiger partial charge in [-0.25, -0.2) is 0 Å². The highest BCUT2D eigenvalue weighted by atomic mass is 33.1. The Hall–Kier alpha value is -6.90.